The molecule has 0 saturated heterocycles. The molecule has 1 aromatic carbocycles. The van der Waals surface area contributed by atoms with E-state index in [1.807, 2.05) is 13.0 Å². The molecule has 0 radical (unpaired) electrons. The number of aryl methyl sites for hydroxylation is 1. The highest BCUT2D eigenvalue weighted by Gasteiger charge is 2.08. The van der Waals surface area contributed by atoms with Gasteiger partial charge in [0.05, 0.1) is 0 Å². The average Bonchev–Trinajstić information content (AvgIpc) is 2.03. The van der Waals surface area contributed by atoms with Crippen LogP contribution in [-0.2, 0) is 6.54 Å². The lowest BCUT2D eigenvalue weighted by atomic mass is 9.97. The minimum absolute atomic E-state index is 0.339. The van der Waals surface area contributed by atoms with Crippen LogP contribution in [-0.4, -0.2) is 5.11 Å². The Morgan fingerprint density at radius 2 is 2.00 bits per heavy atom. The first kappa shape index (κ1) is 10.1. The van der Waals surface area contributed by atoms with Gasteiger partial charge in [-0.1, -0.05) is 19.9 Å². The molecule has 2 nitrogen and oxygen atoms in total. The molecule has 0 amide bonds. The Balaban J connectivity index is 3.22. The number of hydrogen-bond acceptors (Lipinski definition) is 2. The number of aromatic hydroxyl groups is 1. The van der Waals surface area contributed by atoms with E-state index in [-0.39, 0.29) is 0 Å². The first-order valence-electron chi connectivity index (χ1n) is 4.58. The Hall–Kier alpha value is -1.02. The SMILES string of the molecule is Cc1cc(O)c(C(C)C)cc1CN. The highest BCUT2D eigenvalue weighted by molar-refractivity contribution is 5.42. The van der Waals surface area contributed by atoms with Gasteiger partial charge in [-0.25, -0.2) is 0 Å². The second kappa shape index (κ2) is 3.79. The van der Waals surface area contributed by atoms with Crippen LogP contribution < -0.4 is 5.73 Å². The molecule has 0 saturated carbocycles. The Morgan fingerprint density at radius 1 is 1.38 bits per heavy atom. The van der Waals surface area contributed by atoms with Crippen molar-refractivity contribution in [2.24, 2.45) is 5.73 Å². The normalized spacial score (nSPS) is 10.8. The number of phenolic OH excluding ortho intramolecular Hbond substituents is 1. The summed E-state index contributed by atoms with van der Waals surface area (Å²) in [6.45, 7) is 6.62. The van der Waals surface area contributed by atoms with Crippen molar-refractivity contribution in [3.05, 3.63) is 28.8 Å². The van der Waals surface area contributed by atoms with Crippen molar-refractivity contribution in [3.8, 4) is 5.75 Å². The Bertz CT molecular complexity index is 305. The molecule has 0 aliphatic carbocycles. The number of benzene rings is 1. The monoisotopic (exact) mass is 179 g/mol. The summed E-state index contributed by atoms with van der Waals surface area (Å²) in [5, 5.41) is 9.64. The predicted molar refractivity (Wildman–Crippen MR) is 54.8 cm³/mol. The maximum absolute atomic E-state index is 9.64. The second-order valence-corrected chi connectivity index (χ2v) is 3.70. The molecule has 0 unspecified atom stereocenters. The molecule has 1 rings (SSSR count). The van der Waals surface area contributed by atoms with Crippen molar-refractivity contribution < 1.29 is 5.11 Å². The summed E-state index contributed by atoms with van der Waals surface area (Å²) in [6.07, 6.45) is 0. The molecule has 0 aliphatic rings. The number of phenols is 1. The van der Waals surface area contributed by atoms with Gasteiger partial charge in [0, 0.05) is 6.54 Å². The van der Waals surface area contributed by atoms with Crippen LogP contribution in [0.4, 0.5) is 0 Å². The third-order valence-electron chi connectivity index (χ3n) is 2.33. The van der Waals surface area contributed by atoms with Gasteiger partial charge >= 0.3 is 0 Å². The number of nitrogens with two attached hydrogens (primary N) is 1. The zero-order valence-electron chi connectivity index (χ0n) is 8.46. The summed E-state index contributed by atoms with van der Waals surface area (Å²) in [5.74, 6) is 0.718. The fraction of sp³-hybridized carbons (Fsp3) is 0.455. The predicted octanol–water partition coefficient (Wildman–Crippen LogP) is 2.28. The minimum Gasteiger partial charge on any atom is -0.508 e. The lowest BCUT2D eigenvalue weighted by Crippen LogP contribution is -2.01. The van der Waals surface area contributed by atoms with Gasteiger partial charge in [-0.05, 0) is 35.6 Å². The fourth-order valence-electron chi connectivity index (χ4n) is 1.44. The van der Waals surface area contributed by atoms with Gasteiger partial charge in [-0.2, -0.15) is 0 Å². The molecule has 0 spiro atoms. The molecule has 0 fully saturated rings. The molecule has 72 valence electrons. The van der Waals surface area contributed by atoms with Crippen molar-refractivity contribution in [1.29, 1.82) is 0 Å². The molecule has 2 heteroatoms. The van der Waals surface area contributed by atoms with Gasteiger partial charge in [0.2, 0.25) is 0 Å². The molecule has 1 aromatic rings. The third kappa shape index (κ3) is 2.01. The van der Waals surface area contributed by atoms with Crippen molar-refractivity contribution in [1.82, 2.24) is 0 Å². The standard InChI is InChI=1S/C11H17NO/c1-7(2)10-5-9(6-12)8(3)4-11(10)13/h4-5,7,13H,6,12H2,1-3H3. The van der Waals surface area contributed by atoms with Crippen LogP contribution in [0, 0.1) is 6.92 Å². The van der Waals surface area contributed by atoms with Crippen LogP contribution in [0.25, 0.3) is 0 Å². The van der Waals surface area contributed by atoms with E-state index in [4.69, 9.17) is 5.73 Å². The van der Waals surface area contributed by atoms with Crippen molar-refractivity contribution in [2.45, 2.75) is 33.2 Å². The highest BCUT2D eigenvalue weighted by atomic mass is 16.3. The van der Waals surface area contributed by atoms with Crippen LogP contribution in [0.15, 0.2) is 12.1 Å². The molecule has 0 bridgehead atoms. The van der Waals surface area contributed by atoms with E-state index in [0.717, 1.165) is 16.7 Å². The van der Waals surface area contributed by atoms with Gasteiger partial charge < -0.3 is 10.8 Å². The molecule has 0 heterocycles. The molecular formula is C11H17NO. The molecule has 3 N–H and O–H groups in total. The second-order valence-electron chi connectivity index (χ2n) is 3.70. The molecule has 0 aromatic heterocycles. The van der Waals surface area contributed by atoms with E-state index in [1.54, 1.807) is 6.07 Å². The summed E-state index contributed by atoms with van der Waals surface area (Å²) in [6, 6.07) is 3.78. The van der Waals surface area contributed by atoms with E-state index in [9.17, 15) is 5.11 Å². The van der Waals surface area contributed by atoms with Crippen molar-refractivity contribution >= 4 is 0 Å². The quantitative estimate of drug-likeness (QED) is 0.731. The van der Waals surface area contributed by atoms with E-state index < -0.39 is 0 Å². The Kier molecular flexibility index (Phi) is 2.94. The van der Waals surface area contributed by atoms with Gasteiger partial charge in [-0.3, -0.25) is 0 Å². The first-order valence-corrected chi connectivity index (χ1v) is 4.58. The summed E-state index contributed by atoms with van der Waals surface area (Å²) in [4.78, 5) is 0. The van der Waals surface area contributed by atoms with E-state index in [1.165, 1.54) is 0 Å². The maximum atomic E-state index is 9.64. The first-order chi connectivity index (χ1) is 6.06. The van der Waals surface area contributed by atoms with Crippen molar-refractivity contribution in [2.75, 3.05) is 0 Å². The smallest absolute Gasteiger partial charge is 0.119 e. The van der Waals surface area contributed by atoms with E-state index in [0.29, 0.717) is 18.2 Å². The number of rotatable bonds is 2. The highest BCUT2D eigenvalue weighted by Crippen LogP contribution is 2.28. The molecule has 0 atom stereocenters. The zero-order chi connectivity index (χ0) is 10.0. The summed E-state index contributed by atoms with van der Waals surface area (Å²) < 4.78 is 0. The summed E-state index contributed by atoms with van der Waals surface area (Å²) >= 11 is 0. The summed E-state index contributed by atoms with van der Waals surface area (Å²) in [5.41, 5.74) is 8.74. The number of hydrogen-bond donors (Lipinski definition) is 2. The maximum Gasteiger partial charge on any atom is 0.119 e. The van der Waals surface area contributed by atoms with Crippen LogP contribution in [0.3, 0.4) is 0 Å². The van der Waals surface area contributed by atoms with Gasteiger partial charge in [0.15, 0.2) is 0 Å². The topological polar surface area (TPSA) is 46.2 Å². The van der Waals surface area contributed by atoms with E-state index >= 15 is 0 Å². The zero-order valence-corrected chi connectivity index (χ0v) is 8.46. The van der Waals surface area contributed by atoms with Crippen LogP contribution in [0.5, 0.6) is 5.75 Å². The lowest BCUT2D eigenvalue weighted by Gasteiger charge is -2.12. The van der Waals surface area contributed by atoms with Gasteiger partial charge in [0.1, 0.15) is 5.75 Å². The van der Waals surface area contributed by atoms with Crippen molar-refractivity contribution in [3.63, 3.8) is 0 Å². The molecule has 13 heavy (non-hydrogen) atoms. The lowest BCUT2D eigenvalue weighted by molar-refractivity contribution is 0.464. The summed E-state index contributed by atoms with van der Waals surface area (Å²) in [7, 11) is 0. The Morgan fingerprint density at radius 3 is 2.46 bits per heavy atom. The third-order valence-corrected chi connectivity index (χ3v) is 2.33. The van der Waals surface area contributed by atoms with E-state index in [2.05, 4.69) is 13.8 Å². The molecule has 0 aliphatic heterocycles. The average molecular weight is 179 g/mol. The molecular weight excluding hydrogens is 162 g/mol. The fourth-order valence-corrected chi connectivity index (χ4v) is 1.44. The minimum atomic E-state index is 0.339. The van der Waals surface area contributed by atoms with Gasteiger partial charge in [-0.15, -0.1) is 0 Å². The van der Waals surface area contributed by atoms with Crippen LogP contribution in [0.2, 0.25) is 0 Å². The largest absolute Gasteiger partial charge is 0.508 e. The Labute approximate surface area is 79.4 Å². The van der Waals surface area contributed by atoms with Crippen LogP contribution in [0.1, 0.15) is 36.5 Å². The van der Waals surface area contributed by atoms with Gasteiger partial charge in [0.25, 0.3) is 0 Å². The van der Waals surface area contributed by atoms with Crippen LogP contribution >= 0.6 is 0 Å².